The zero-order valence-corrected chi connectivity index (χ0v) is 10.9. The molecule has 0 aromatic heterocycles. The van der Waals surface area contributed by atoms with Crippen molar-refractivity contribution in [1.82, 2.24) is 4.72 Å². The molecule has 0 fully saturated rings. The van der Waals surface area contributed by atoms with Crippen LogP contribution in [0.15, 0.2) is 24.3 Å². The van der Waals surface area contributed by atoms with Crippen LogP contribution in [0.2, 0.25) is 0 Å². The maximum Gasteiger partial charge on any atom is 0.387 e. The zero-order valence-electron chi connectivity index (χ0n) is 10.1. The highest BCUT2D eigenvalue weighted by atomic mass is 32.2. The summed E-state index contributed by atoms with van der Waals surface area (Å²) >= 11 is 0. The van der Waals surface area contributed by atoms with Crippen LogP contribution in [0.5, 0.6) is 5.75 Å². The number of nitrogens with one attached hydrogen (secondary N) is 1. The van der Waals surface area contributed by atoms with Crippen LogP contribution in [0.1, 0.15) is 25.5 Å². The molecule has 0 saturated heterocycles. The first-order valence-electron chi connectivity index (χ1n) is 5.39. The minimum absolute atomic E-state index is 0.0289. The van der Waals surface area contributed by atoms with E-state index in [2.05, 4.69) is 9.46 Å². The molecule has 0 aliphatic heterocycles. The molecule has 0 heterocycles. The van der Waals surface area contributed by atoms with E-state index in [1.807, 2.05) is 0 Å². The Labute approximate surface area is 105 Å². The summed E-state index contributed by atoms with van der Waals surface area (Å²) in [5.41, 5.74) is 0.370. The number of alkyl halides is 2. The highest BCUT2D eigenvalue weighted by molar-refractivity contribution is 7.89. The smallest absolute Gasteiger partial charge is 0.387 e. The molecule has 1 rings (SSSR count). The fraction of sp³-hybridized carbons (Fsp3) is 0.455. The number of ether oxygens (including phenoxy) is 1. The maximum atomic E-state index is 12.2. The van der Waals surface area contributed by atoms with Crippen molar-refractivity contribution in [3.8, 4) is 5.75 Å². The minimum Gasteiger partial charge on any atom is -0.434 e. The zero-order chi connectivity index (χ0) is 13.8. The van der Waals surface area contributed by atoms with E-state index in [0.717, 1.165) is 0 Å². The Kier molecular flexibility index (Phi) is 5.03. The fourth-order valence-electron chi connectivity index (χ4n) is 1.46. The molecule has 0 aliphatic rings. The topological polar surface area (TPSA) is 55.4 Å². The van der Waals surface area contributed by atoms with Gasteiger partial charge in [0.2, 0.25) is 10.0 Å². The molecule has 1 atom stereocenters. The molecule has 1 aromatic rings. The van der Waals surface area contributed by atoms with Gasteiger partial charge in [0, 0.05) is 11.6 Å². The van der Waals surface area contributed by atoms with E-state index in [1.165, 1.54) is 13.0 Å². The summed E-state index contributed by atoms with van der Waals surface area (Å²) in [5, 5.41) is 0. The van der Waals surface area contributed by atoms with Crippen LogP contribution in [0, 0.1) is 0 Å². The van der Waals surface area contributed by atoms with Gasteiger partial charge in [0.1, 0.15) is 5.75 Å². The Morgan fingerprint density at radius 2 is 1.94 bits per heavy atom. The van der Waals surface area contributed by atoms with Crippen LogP contribution in [-0.2, 0) is 10.0 Å². The minimum atomic E-state index is -3.41. The highest BCUT2D eigenvalue weighted by Crippen LogP contribution is 2.26. The number of halogens is 2. The van der Waals surface area contributed by atoms with Crippen LogP contribution in [0.3, 0.4) is 0 Å². The maximum absolute atomic E-state index is 12.2. The Hall–Kier alpha value is -1.21. The first-order chi connectivity index (χ1) is 8.35. The molecule has 1 N–H and O–H groups in total. The van der Waals surface area contributed by atoms with Gasteiger partial charge in [0.05, 0.1) is 5.75 Å². The second kappa shape index (κ2) is 6.10. The fourth-order valence-corrected chi connectivity index (χ4v) is 2.29. The lowest BCUT2D eigenvalue weighted by Gasteiger charge is -2.17. The molecule has 0 amide bonds. The van der Waals surface area contributed by atoms with Gasteiger partial charge in [-0.05, 0) is 19.9 Å². The van der Waals surface area contributed by atoms with Crippen molar-refractivity contribution >= 4 is 10.0 Å². The van der Waals surface area contributed by atoms with Crippen molar-refractivity contribution in [3.05, 3.63) is 29.8 Å². The highest BCUT2D eigenvalue weighted by Gasteiger charge is 2.18. The van der Waals surface area contributed by atoms with Gasteiger partial charge in [-0.25, -0.2) is 13.1 Å². The second-order valence-corrected chi connectivity index (χ2v) is 5.70. The van der Waals surface area contributed by atoms with E-state index in [4.69, 9.17) is 0 Å². The number of hydrogen-bond donors (Lipinski definition) is 1. The Morgan fingerprint density at radius 3 is 2.50 bits per heavy atom. The lowest BCUT2D eigenvalue weighted by molar-refractivity contribution is -0.0506. The number of hydrogen-bond acceptors (Lipinski definition) is 3. The molecule has 102 valence electrons. The summed E-state index contributed by atoms with van der Waals surface area (Å²) in [6.07, 6.45) is 0. The molecule has 0 radical (unpaired) electrons. The van der Waals surface area contributed by atoms with Gasteiger partial charge >= 0.3 is 6.61 Å². The summed E-state index contributed by atoms with van der Waals surface area (Å²) in [4.78, 5) is 0. The van der Waals surface area contributed by atoms with E-state index in [9.17, 15) is 17.2 Å². The average molecular weight is 279 g/mol. The van der Waals surface area contributed by atoms with Gasteiger partial charge in [-0.3, -0.25) is 0 Å². The summed E-state index contributed by atoms with van der Waals surface area (Å²) in [6.45, 7) is 0.124. The van der Waals surface area contributed by atoms with E-state index in [-0.39, 0.29) is 11.5 Å². The quantitative estimate of drug-likeness (QED) is 0.869. The van der Waals surface area contributed by atoms with Gasteiger partial charge < -0.3 is 4.74 Å². The van der Waals surface area contributed by atoms with Crippen LogP contribution in [-0.4, -0.2) is 20.8 Å². The van der Waals surface area contributed by atoms with Gasteiger partial charge in [0.15, 0.2) is 0 Å². The van der Waals surface area contributed by atoms with Crippen molar-refractivity contribution in [2.75, 3.05) is 5.75 Å². The predicted molar refractivity (Wildman–Crippen MR) is 64.1 cm³/mol. The molecular formula is C11H15F2NO3S. The summed E-state index contributed by atoms with van der Waals surface area (Å²) < 4.78 is 54.0. The monoisotopic (exact) mass is 279 g/mol. The van der Waals surface area contributed by atoms with Gasteiger partial charge in [-0.2, -0.15) is 8.78 Å². The molecule has 0 aliphatic carbocycles. The second-order valence-electron chi connectivity index (χ2n) is 3.66. The lowest BCUT2D eigenvalue weighted by Crippen LogP contribution is -2.28. The van der Waals surface area contributed by atoms with E-state index < -0.39 is 22.7 Å². The van der Waals surface area contributed by atoms with Crippen molar-refractivity contribution in [3.63, 3.8) is 0 Å². The standard InChI is InChI=1S/C11H15F2NO3S/c1-3-18(15,16)14-8(2)9-6-4-5-7-10(9)17-11(12)13/h4-8,11,14H,3H2,1-2H3. The SMILES string of the molecule is CCS(=O)(=O)NC(C)c1ccccc1OC(F)F. The first-order valence-corrected chi connectivity index (χ1v) is 7.04. The van der Waals surface area contributed by atoms with Crippen LogP contribution in [0.25, 0.3) is 0 Å². The van der Waals surface area contributed by atoms with Crippen LogP contribution in [0.4, 0.5) is 8.78 Å². The third-order valence-corrected chi connectivity index (χ3v) is 3.81. The molecule has 7 heteroatoms. The summed E-state index contributed by atoms with van der Waals surface area (Å²) in [5.74, 6) is -0.103. The average Bonchev–Trinajstić information content (AvgIpc) is 2.28. The molecule has 0 bridgehead atoms. The number of para-hydroxylation sites is 1. The number of sulfonamides is 1. The van der Waals surface area contributed by atoms with Crippen LogP contribution < -0.4 is 9.46 Å². The first kappa shape index (κ1) is 14.8. The molecule has 1 aromatic carbocycles. The van der Waals surface area contributed by atoms with E-state index in [0.29, 0.717) is 5.56 Å². The number of rotatable bonds is 6. The molecule has 4 nitrogen and oxygen atoms in total. The summed E-state index contributed by atoms with van der Waals surface area (Å²) in [7, 11) is -3.41. The third kappa shape index (κ3) is 4.23. The molecule has 0 spiro atoms. The van der Waals surface area contributed by atoms with Gasteiger partial charge in [-0.1, -0.05) is 18.2 Å². The lowest BCUT2D eigenvalue weighted by atomic mass is 10.1. The van der Waals surface area contributed by atoms with Crippen molar-refractivity contribution in [2.24, 2.45) is 0 Å². The molecule has 0 saturated carbocycles. The van der Waals surface area contributed by atoms with Crippen molar-refractivity contribution in [2.45, 2.75) is 26.5 Å². The molecular weight excluding hydrogens is 264 g/mol. The van der Waals surface area contributed by atoms with E-state index in [1.54, 1.807) is 25.1 Å². The van der Waals surface area contributed by atoms with Crippen molar-refractivity contribution in [1.29, 1.82) is 0 Å². The van der Waals surface area contributed by atoms with Crippen molar-refractivity contribution < 1.29 is 21.9 Å². The number of benzene rings is 1. The Balaban J connectivity index is 2.95. The van der Waals surface area contributed by atoms with E-state index >= 15 is 0 Å². The van der Waals surface area contributed by atoms with Gasteiger partial charge in [-0.15, -0.1) is 0 Å². The Morgan fingerprint density at radius 1 is 1.33 bits per heavy atom. The Bertz CT molecular complexity index is 491. The normalized spacial score (nSPS) is 13.6. The molecule has 18 heavy (non-hydrogen) atoms. The van der Waals surface area contributed by atoms with Gasteiger partial charge in [0.25, 0.3) is 0 Å². The summed E-state index contributed by atoms with van der Waals surface area (Å²) in [6, 6.07) is 5.45. The molecule has 1 unspecified atom stereocenters. The predicted octanol–water partition coefficient (Wildman–Crippen LogP) is 2.29. The van der Waals surface area contributed by atoms with Crippen LogP contribution >= 0.6 is 0 Å². The third-order valence-electron chi connectivity index (χ3n) is 2.34. The largest absolute Gasteiger partial charge is 0.434 e.